The molecule has 0 bridgehead atoms. The van der Waals surface area contributed by atoms with Gasteiger partial charge in [-0.15, -0.1) is 0 Å². The van der Waals surface area contributed by atoms with Gasteiger partial charge < -0.3 is 63.9 Å². The molecule has 0 spiro atoms. The van der Waals surface area contributed by atoms with Crippen LogP contribution in [0.25, 0.3) is 0 Å². The number of hydrogen-bond donors (Lipinski definition) is 11. The van der Waals surface area contributed by atoms with Gasteiger partial charge >= 0.3 is 11.9 Å². The van der Waals surface area contributed by atoms with E-state index >= 15 is 0 Å². The summed E-state index contributed by atoms with van der Waals surface area (Å²) in [5.74, 6) is -8.19. The first-order valence-electron chi connectivity index (χ1n) is 19.3. The fourth-order valence-electron chi connectivity index (χ4n) is 6.26. The van der Waals surface area contributed by atoms with Crippen LogP contribution in [0.2, 0.25) is 0 Å². The fraction of sp³-hybridized carbons (Fsp3) is 0.667. The molecule has 22 heteroatoms. The lowest BCUT2D eigenvalue weighted by Gasteiger charge is -2.31. The Morgan fingerprint density at radius 3 is 2.02 bits per heavy atom. The summed E-state index contributed by atoms with van der Waals surface area (Å²) in [7, 11) is 0. The van der Waals surface area contributed by atoms with E-state index in [0.29, 0.717) is 31.5 Å². The largest absolute Gasteiger partial charge is 0.481 e. The van der Waals surface area contributed by atoms with E-state index < -0.39 is 108 Å². The summed E-state index contributed by atoms with van der Waals surface area (Å²) in [5, 5.41) is 31.4. The van der Waals surface area contributed by atoms with Crippen molar-refractivity contribution < 1.29 is 53.4 Å². The number of nitrogens with two attached hydrogens (primary N) is 3. The number of carbonyl (C=O) groups excluding carboxylic acids is 7. The number of amides is 7. The van der Waals surface area contributed by atoms with Crippen molar-refractivity contribution in [3.63, 3.8) is 0 Å². The van der Waals surface area contributed by atoms with Crippen LogP contribution >= 0.6 is 0 Å². The van der Waals surface area contributed by atoms with Crippen molar-refractivity contribution in [1.82, 2.24) is 41.5 Å². The molecule has 0 aliphatic carbocycles. The smallest absolute Gasteiger partial charge is 0.326 e. The molecule has 1 aliphatic heterocycles. The first kappa shape index (κ1) is 48.5. The Hall–Kier alpha value is -5.64. The predicted octanol–water partition coefficient (Wildman–Crippen LogP) is -2.90. The molecule has 7 atom stereocenters. The maximum Gasteiger partial charge on any atom is 0.326 e. The maximum absolute atomic E-state index is 14.0. The molecule has 1 aromatic rings. The van der Waals surface area contributed by atoms with Crippen LogP contribution in [0.3, 0.4) is 0 Å². The van der Waals surface area contributed by atoms with Crippen molar-refractivity contribution >= 4 is 53.3 Å². The predicted molar refractivity (Wildman–Crippen MR) is 206 cm³/mol. The first-order valence-corrected chi connectivity index (χ1v) is 19.3. The average molecular weight is 822 g/mol. The Morgan fingerprint density at radius 1 is 0.828 bits per heavy atom. The number of carbonyl (C=O) groups is 9. The highest BCUT2D eigenvalue weighted by Gasteiger charge is 2.40. The van der Waals surface area contributed by atoms with Crippen LogP contribution in [0.1, 0.15) is 90.7 Å². The van der Waals surface area contributed by atoms with Crippen LogP contribution in [0.4, 0.5) is 0 Å². The number of H-pyrrole nitrogens is 1. The molecule has 1 fully saturated rings. The lowest BCUT2D eigenvalue weighted by atomic mass is 10.0. The number of unbranched alkanes of at least 4 members (excludes halogenated alkanes) is 1. The molecule has 324 valence electrons. The zero-order valence-electron chi connectivity index (χ0n) is 33.2. The molecule has 22 nitrogen and oxygen atoms in total. The molecule has 14 N–H and O–H groups in total. The summed E-state index contributed by atoms with van der Waals surface area (Å²) < 4.78 is 0. The molecule has 1 aromatic heterocycles. The summed E-state index contributed by atoms with van der Waals surface area (Å²) in [6.45, 7) is 5.50. The summed E-state index contributed by atoms with van der Waals surface area (Å²) in [4.78, 5) is 123. The van der Waals surface area contributed by atoms with E-state index in [1.54, 1.807) is 0 Å². The van der Waals surface area contributed by atoms with Crippen molar-refractivity contribution in [2.45, 2.75) is 134 Å². The van der Waals surface area contributed by atoms with Gasteiger partial charge in [-0.2, -0.15) is 0 Å². The number of aromatic amines is 1. The number of carboxylic acids is 2. The average Bonchev–Trinajstić information content (AvgIpc) is 3.86. The molecular weight excluding hydrogens is 762 g/mol. The van der Waals surface area contributed by atoms with E-state index in [1.807, 2.05) is 13.8 Å². The SMILES string of the molecule is CC(C)C[C@H](NC(=O)[C@H](C)NC(=O)[C@@H](N)Cc1cnc[nH]1)C(=O)N1CCC[C@H]1C(=O)N[C@@H](CCC(=O)O)C(=O)N[C@@H](CCC(N)=O)C(=O)N[C@@H](CCCCN)C(=O)O. The molecule has 7 amide bonds. The second-order valence-electron chi connectivity index (χ2n) is 14.7. The Kier molecular flexibility index (Phi) is 20.2. The van der Waals surface area contributed by atoms with E-state index in [2.05, 4.69) is 36.6 Å². The summed E-state index contributed by atoms with van der Waals surface area (Å²) in [6.07, 6.45) is 2.96. The lowest BCUT2D eigenvalue weighted by Crippen LogP contribution is -2.59. The normalized spacial score (nSPS) is 16.9. The van der Waals surface area contributed by atoms with Crippen molar-refractivity contribution in [1.29, 1.82) is 0 Å². The van der Waals surface area contributed by atoms with Crippen LogP contribution in [0, 0.1) is 5.92 Å². The van der Waals surface area contributed by atoms with Crippen LogP contribution in [0.15, 0.2) is 12.5 Å². The minimum Gasteiger partial charge on any atom is -0.481 e. The monoisotopic (exact) mass is 821 g/mol. The molecular formula is C36H59N11O11. The minimum absolute atomic E-state index is 0.0297. The van der Waals surface area contributed by atoms with Gasteiger partial charge in [0.15, 0.2) is 0 Å². The van der Waals surface area contributed by atoms with Crippen LogP contribution in [0.5, 0.6) is 0 Å². The summed E-state index contributed by atoms with van der Waals surface area (Å²) >= 11 is 0. The highest BCUT2D eigenvalue weighted by Crippen LogP contribution is 2.21. The van der Waals surface area contributed by atoms with Gasteiger partial charge in [-0.3, -0.25) is 38.4 Å². The summed E-state index contributed by atoms with van der Waals surface area (Å²) in [5.41, 5.74) is 17.4. The van der Waals surface area contributed by atoms with Gasteiger partial charge in [-0.1, -0.05) is 13.8 Å². The van der Waals surface area contributed by atoms with Crippen LogP contribution in [-0.4, -0.2) is 134 Å². The molecule has 58 heavy (non-hydrogen) atoms. The number of nitrogens with zero attached hydrogens (tertiary/aromatic N) is 2. The van der Waals surface area contributed by atoms with Gasteiger partial charge in [0.05, 0.1) is 12.4 Å². The number of rotatable bonds is 26. The number of imidazole rings is 1. The maximum atomic E-state index is 14.0. The minimum atomic E-state index is -1.54. The molecule has 0 saturated carbocycles. The highest BCUT2D eigenvalue weighted by molar-refractivity contribution is 5.97. The third kappa shape index (κ3) is 16.5. The Labute approximate surface area is 335 Å². The Morgan fingerprint density at radius 2 is 1.45 bits per heavy atom. The fourth-order valence-corrected chi connectivity index (χ4v) is 6.26. The first-order chi connectivity index (χ1) is 27.3. The van der Waals surface area contributed by atoms with E-state index in [1.165, 1.54) is 24.3 Å². The number of aliphatic carboxylic acids is 2. The molecule has 1 saturated heterocycles. The third-order valence-corrected chi connectivity index (χ3v) is 9.40. The van der Waals surface area contributed by atoms with Gasteiger partial charge in [0.25, 0.3) is 0 Å². The van der Waals surface area contributed by atoms with Gasteiger partial charge in [0, 0.05) is 37.7 Å². The van der Waals surface area contributed by atoms with Crippen LogP contribution in [-0.2, 0) is 49.6 Å². The number of likely N-dealkylation sites (tertiary alicyclic amines) is 1. The number of hydrogen-bond acceptors (Lipinski definition) is 12. The number of nitrogens with one attached hydrogen (secondary N) is 6. The molecule has 0 aromatic carbocycles. The second kappa shape index (κ2) is 24.2. The Bertz CT molecular complexity index is 1590. The van der Waals surface area contributed by atoms with Crippen LogP contribution < -0.4 is 43.8 Å². The quantitative estimate of drug-likeness (QED) is 0.0418. The molecule has 0 unspecified atom stereocenters. The Balaban J connectivity index is 2.22. The van der Waals surface area contributed by atoms with Gasteiger partial charge in [-0.25, -0.2) is 9.78 Å². The molecule has 2 heterocycles. The molecule has 1 aliphatic rings. The third-order valence-electron chi connectivity index (χ3n) is 9.40. The van der Waals surface area contributed by atoms with Crippen molar-refractivity contribution in [2.24, 2.45) is 23.1 Å². The van der Waals surface area contributed by atoms with Gasteiger partial charge in [-0.05, 0) is 70.8 Å². The van der Waals surface area contributed by atoms with Crippen molar-refractivity contribution in [3.05, 3.63) is 18.2 Å². The zero-order valence-corrected chi connectivity index (χ0v) is 33.2. The van der Waals surface area contributed by atoms with E-state index in [-0.39, 0.29) is 51.0 Å². The zero-order chi connectivity index (χ0) is 43.5. The van der Waals surface area contributed by atoms with E-state index in [4.69, 9.17) is 17.2 Å². The van der Waals surface area contributed by atoms with E-state index in [9.17, 15) is 53.4 Å². The summed E-state index contributed by atoms with van der Waals surface area (Å²) in [6, 6.07) is -8.70. The number of primary amides is 1. The number of aromatic nitrogens is 2. The second-order valence-corrected chi connectivity index (χ2v) is 14.7. The van der Waals surface area contributed by atoms with Gasteiger partial charge in [0.2, 0.25) is 41.4 Å². The number of carboxylic acid groups (broad SMARTS) is 2. The van der Waals surface area contributed by atoms with E-state index in [0.717, 1.165) is 0 Å². The molecule has 0 radical (unpaired) electrons. The van der Waals surface area contributed by atoms with Crippen molar-refractivity contribution in [2.75, 3.05) is 13.1 Å². The lowest BCUT2D eigenvalue weighted by molar-refractivity contribution is -0.143. The standard InChI is InChI=1S/C36H59N11O11/c1-19(2)15-26(46-30(51)20(3)42-31(52)22(38)16-21-17-40-18-41-21)35(56)47-14-6-8-27(47)34(55)44-24(10-12-29(49)50)32(53)43-23(9-11-28(39)48)33(54)45-25(36(57)58)7-4-5-13-37/h17-20,22-27H,4-16,37-38H2,1-3H3,(H2,39,48)(H,40,41)(H,42,52)(H,43,53)(H,44,55)(H,45,54)(H,46,51)(H,49,50)(H,57,58)/t20-,22-,23-,24-,25-,26-,27-/m0/s1. The highest BCUT2D eigenvalue weighted by atomic mass is 16.4. The van der Waals surface area contributed by atoms with Crippen molar-refractivity contribution in [3.8, 4) is 0 Å². The topological polar surface area (TPSA) is 364 Å². The van der Waals surface area contributed by atoms with Gasteiger partial charge in [0.1, 0.15) is 36.3 Å². The molecule has 2 rings (SSSR count).